The summed E-state index contributed by atoms with van der Waals surface area (Å²) in [6.45, 7) is 0. The second-order valence-corrected chi connectivity index (χ2v) is 2.62. The summed E-state index contributed by atoms with van der Waals surface area (Å²) in [5.74, 6) is 0. The molecule has 0 aromatic heterocycles. The van der Waals surface area contributed by atoms with Gasteiger partial charge in [-0.15, -0.1) is 0 Å². The van der Waals surface area contributed by atoms with Crippen molar-refractivity contribution in [2.75, 3.05) is 0 Å². The minimum atomic E-state index is 0. The van der Waals surface area contributed by atoms with Crippen molar-refractivity contribution in [2.24, 2.45) is 0 Å². The van der Waals surface area contributed by atoms with Crippen molar-refractivity contribution >= 4 is 27.3 Å². The summed E-state index contributed by atoms with van der Waals surface area (Å²) in [5.41, 5.74) is 3.13. The zero-order valence-corrected chi connectivity index (χ0v) is 11.6. The molecule has 0 bridgehead atoms. The summed E-state index contributed by atoms with van der Waals surface area (Å²) in [6.07, 6.45) is 3.96. The molecule has 1 aromatic rings. The molecule has 2 radical (unpaired) electrons. The van der Waals surface area contributed by atoms with E-state index in [1.807, 2.05) is 0 Å². The summed E-state index contributed by atoms with van der Waals surface area (Å²) in [6, 6.07) is 8.74. The Labute approximate surface area is 81.8 Å². The molecule has 0 heterocycles. The summed E-state index contributed by atoms with van der Waals surface area (Å²) in [7, 11) is 0. The summed E-state index contributed by atoms with van der Waals surface area (Å²) in [5, 5.41) is 0. The zero-order valence-electron chi connectivity index (χ0n) is 6.14. The van der Waals surface area contributed by atoms with Crippen LogP contribution < -0.4 is 0 Å². The average molecular weight is 327 g/mol. The van der Waals surface area contributed by atoms with E-state index >= 15 is 0 Å². The molecule has 0 nitrogen and oxygen atoms in total. The number of benzene rings is 1. The van der Waals surface area contributed by atoms with Gasteiger partial charge in [0.25, 0.3) is 0 Å². The van der Waals surface area contributed by atoms with Crippen LogP contribution in [0.3, 0.4) is 0 Å². The standard InChI is InChI=1S/C9H10.Pb.2H/c1-2-5-9-7-3-6-8(9)4-1;;;/h1-2,4-5H,3,6-7H2;;;. The Morgan fingerprint density at radius 1 is 0.900 bits per heavy atom. The molecule has 0 spiro atoms. The maximum atomic E-state index is 2.24. The van der Waals surface area contributed by atoms with Gasteiger partial charge < -0.3 is 0 Å². The summed E-state index contributed by atoms with van der Waals surface area (Å²) >= 11 is 0. The Morgan fingerprint density at radius 3 is 1.90 bits per heavy atom. The molecule has 1 aliphatic rings. The maximum Gasteiger partial charge on any atom is -0.0273 e. The smallest absolute Gasteiger partial charge is 0.0273 e. The third-order valence-corrected chi connectivity index (χ3v) is 2.01. The molecule has 0 unspecified atom stereocenters. The summed E-state index contributed by atoms with van der Waals surface area (Å²) < 4.78 is 0. The van der Waals surface area contributed by atoms with Gasteiger partial charge in [0.2, 0.25) is 0 Å². The van der Waals surface area contributed by atoms with Gasteiger partial charge in [-0.25, -0.2) is 0 Å². The molecule has 2 rings (SSSR count). The molecule has 0 atom stereocenters. The largest absolute Gasteiger partial charge is 0.0620 e. The van der Waals surface area contributed by atoms with Crippen molar-refractivity contribution in [3.63, 3.8) is 0 Å². The van der Waals surface area contributed by atoms with E-state index < -0.39 is 0 Å². The van der Waals surface area contributed by atoms with E-state index in [4.69, 9.17) is 0 Å². The molecule has 1 aromatic carbocycles. The van der Waals surface area contributed by atoms with Crippen LogP contribution in [0.2, 0.25) is 0 Å². The van der Waals surface area contributed by atoms with Crippen LogP contribution >= 0.6 is 0 Å². The van der Waals surface area contributed by atoms with Crippen LogP contribution in [-0.4, -0.2) is 27.3 Å². The number of rotatable bonds is 0. The molecule has 1 heteroatoms. The molecule has 0 N–H and O–H groups in total. The molecule has 52 valence electrons. The molecule has 0 fully saturated rings. The second-order valence-electron chi connectivity index (χ2n) is 2.62. The predicted molar refractivity (Wildman–Crippen MR) is 47.0 cm³/mol. The van der Waals surface area contributed by atoms with Gasteiger partial charge in [0.15, 0.2) is 0 Å². The topological polar surface area (TPSA) is 0 Å². The number of fused-ring (bicyclic) bond motifs is 1. The van der Waals surface area contributed by atoms with Gasteiger partial charge in [-0.05, 0) is 30.4 Å². The van der Waals surface area contributed by atoms with Gasteiger partial charge in [-0.2, -0.15) is 0 Å². The van der Waals surface area contributed by atoms with Crippen LogP contribution in [0.15, 0.2) is 24.3 Å². The van der Waals surface area contributed by atoms with E-state index in [9.17, 15) is 0 Å². The van der Waals surface area contributed by atoms with E-state index in [0.717, 1.165) is 0 Å². The molecule has 0 saturated heterocycles. The fourth-order valence-electron chi connectivity index (χ4n) is 1.51. The number of aryl methyl sites for hydroxylation is 2. The Hall–Kier alpha value is 0.142. The van der Waals surface area contributed by atoms with Gasteiger partial charge in [0, 0.05) is 0 Å². The summed E-state index contributed by atoms with van der Waals surface area (Å²) in [4.78, 5) is 0. The predicted octanol–water partition coefficient (Wildman–Crippen LogP) is 1.26. The van der Waals surface area contributed by atoms with Crippen molar-refractivity contribution in [2.45, 2.75) is 19.3 Å². The van der Waals surface area contributed by atoms with Crippen LogP contribution in [0, 0.1) is 0 Å². The normalized spacial score (nSPS) is 14.0. The van der Waals surface area contributed by atoms with Crippen LogP contribution in [0.4, 0.5) is 0 Å². The van der Waals surface area contributed by atoms with E-state index in [1.54, 1.807) is 11.1 Å². The van der Waals surface area contributed by atoms with Crippen LogP contribution in [-0.2, 0) is 12.8 Å². The monoisotopic (exact) mass is 328 g/mol. The zero-order chi connectivity index (χ0) is 6.10. The molecular formula is C9H12Pb. The van der Waals surface area contributed by atoms with Gasteiger partial charge in [0.1, 0.15) is 0 Å². The quantitative estimate of drug-likeness (QED) is 0.630. The number of hydrogen-bond acceptors (Lipinski definition) is 0. The number of hydrogen-bond donors (Lipinski definition) is 0. The molecule has 0 aliphatic heterocycles. The van der Waals surface area contributed by atoms with Crippen LogP contribution in [0.25, 0.3) is 0 Å². The van der Waals surface area contributed by atoms with Gasteiger partial charge in [-0.3, -0.25) is 0 Å². The fraction of sp³-hybridized carbons (Fsp3) is 0.333. The fourth-order valence-corrected chi connectivity index (χ4v) is 1.51. The van der Waals surface area contributed by atoms with E-state index in [2.05, 4.69) is 24.3 Å². The third-order valence-electron chi connectivity index (χ3n) is 2.01. The Kier molecular flexibility index (Phi) is 2.89. The average Bonchev–Trinajstić information content (AvgIpc) is 2.33. The van der Waals surface area contributed by atoms with Crippen LogP contribution in [0.1, 0.15) is 17.5 Å². The van der Waals surface area contributed by atoms with Crippen molar-refractivity contribution in [1.82, 2.24) is 0 Å². The van der Waals surface area contributed by atoms with E-state index in [-0.39, 0.29) is 27.3 Å². The van der Waals surface area contributed by atoms with E-state index in [0.29, 0.717) is 0 Å². The SMILES string of the molecule is [PbH2].c1ccc2c(c1)CCC2. The Morgan fingerprint density at radius 2 is 1.40 bits per heavy atom. The second kappa shape index (κ2) is 3.51. The van der Waals surface area contributed by atoms with Gasteiger partial charge in [-0.1, -0.05) is 24.3 Å². The van der Waals surface area contributed by atoms with Gasteiger partial charge in [0.05, 0.1) is 0 Å². The first-order valence-corrected chi connectivity index (χ1v) is 3.53. The minimum absolute atomic E-state index is 0. The Balaban J connectivity index is 0.000000500. The molecule has 0 saturated carbocycles. The first-order chi connectivity index (χ1) is 4.47. The Bertz CT molecular complexity index is 195. The molecular weight excluding hydrogens is 315 g/mol. The van der Waals surface area contributed by atoms with Crippen molar-refractivity contribution in [1.29, 1.82) is 0 Å². The first kappa shape index (κ1) is 8.24. The first-order valence-electron chi connectivity index (χ1n) is 3.53. The maximum absolute atomic E-state index is 2.24. The molecule has 1 aliphatic carbocycles. The minimum Gasteiger partial charge on any atom is -0.0620 e. The van der Waals surface area contributed by atoms with Crippen molar-refractivity contribution in [3.8, 4) is 0 Å². The third kappa shape index (κ3) is 1.41. The van der Waals surface area contributed by atoms with Crippen molar-refractivity contribution < 1.29 is 0 Å². The van der Waals surface area contributed by atoms with Crippen LogP contribution in [0.5, 0.6) is 0 Å². The van der Waals surface area contributed by atoms with E-state index in [1.165, 1.54) is 19.3 Å². The van der Waals surface area contributed by atoms with Crippen molar-refractivity contribution in [3.05, 3.63) is 35.4 Å². The molecule has 10 heavy (non-hydrogen) atoms. The van der Waals surface area contributed by atoms with Gasteiger partial charge >= 0.3 is 27.3 Å². The molecule has 0 amide bonds.